The molecule has 0 bridgehead atoms. The molecular weight excluding hydrogens is 346 g/mol. The van der Waals surface area contributed by atoms with Crippen molar-refractivity contribution >= 4 is 34.8 Å². The molecule has 0 radical (unpaired) electrons. The number of thioether (sulfide) groups is 1. The van der Waals surface area contributed by atoms with Gasteiger partial charge in [-0.25, -0.2) is 4.99 Å². The predicted molar refractivity (Wildman–Crippen MR) is 110 cm³/mol. The highest BCUT2D eigenvalue weighted by Crippen LogP contribution is 2.22. The zero-order chi connectivity index (χ0) is 17.5. The number of hydrogen-bond donors (Lipinski definition) is 0. The van der Waals surface area contributed by atoms with Crippen LogP contribution in [0.15, 0.2) is 100 Å². The molecule has 0 fully saturated rings. The third-order valence-electron chi connectivity index (χ3n) is 3.56. The van der Waals surface area contributed by atoms with E-state index >= 15 is 0 Å². The van der Waals surface area contributed by atoms with Crippen LogP contribution >= 0.6 is 23.4 Å². The number of para-hydroxylation sites is 1. The molecule has 3 rings (SSSR count). The minimum Gasteiger partial charge on any atom is -0.248 e. The maximum absolute atomic E-state index is 5.93. The van der Waals surface area contributed by atoms with Crippen LogP contribution in [-0.2, 0) is 0 Å². The van der Waals surface area contributed by atoms with Crippen molar-refractivity contribution in [3.63, 3.8) is 0 Å². The molecule has 124 valence electrons. The summed E-state index contributed by atoms with van der Waals surface area (Å²) in [6, 6.07) is 26.2. The van der Waals surface area contributed by atoms with Crippen molar-refractivity contribution in [1.29, 1.82) is 0 Å². The molecule has 0 aromatic heterocycles. The Bertz CT molecular complexity index is 883. The quantitative estimate of drug-likeness (QED) is 0.348. The molecule has 0 saturated heterocycles. The van der Waals surface area contributed by atoms with E-state index in [1.807, 2.05) is 54.6 Å². The van der Waals surface area contributed by atoms with E-state index in [1.165, 1.54) is 5.56 Å². The molecule has 0 aliphatic rings. The molecule has 0 aliphatic heterocycles. The number of rotatable bonds is 5. The van der Waals surface area contributed by atoms with Crippen molar-refractivity contribution in [2.24, 2.45) is 4.99 Å². The van der Waals surface area contributed by atoms with Gasteiger partial charge in [-0.05, 0) is 60.9 Å². The summed E-state index contributed by atoms with van der Waals surface area (Å²) in [6.07, 6.45) is 2.06. The van der Waals surface area contributed by atoms with Gasteiger partial charge in [0.15, 0.2) is 0 Å². The van der Waals surface area contributed by atoms with Gasteiger partial charge >= 0.3 is 0 Å². The van der Waals surface area contributed by atoms with Crippen LogP contribution in [0.2, 0.25) is 5.02 Å². The van der Waals surface area contributed by atoms with Gasteiger partial charge in [0.1, 0.15) is 0 Å². The van der Waals surface area contributed by atoms with E-state index in [0.29, 0.717) is 0 Å². The number of benzene rings is 3. The fraction of sp³-hybridized carbons (Fsp3) is 0.0455. The summed E-state index contributed by atoms with van der Waals surface area (Å²) in [7, 11) is 0. The van der Waals surface area contributed by atoms with Crippen LogP contribution in [0, 0.1) is 6.92 Å². The lowest BCUT2D eigenvalue weighted by Crippen LogP contribution is -1.96. The van der Waals surface area contributed by atoms with E-state index in [9.17, 15) is 0 Å². The zero-order valence-corrected chi connectivity index (χ0v) is 15.5. The van der Waals surface area contributed by atoms with E-state index < -0.39 is 0 Å². The van der Waals surface area contributed by atoms with Gasteiger partial charge in [0.05, 0.1) is 11.4 Å². The minimum atomic E-state index is 0.749. The highest BCUT2D eigenvalue weighted by molar-refractivity contribution is 8.02. The van der Waals surface area contributed by atoms with Crippen molar-refractivity contribution in [2.45, 2.75) is 11.8 Å². The maximum atomic E-state index is 5.93. The van der Waals surface area contributed by atoms with Gasteiger partial charge in [-0.3, -0.25) is 0 Å². The van der Waals surface area contributed by atoms with Gasteiger partial charge in [0.25, 0.3) is 0 Å². The summed E-state index contributed by atoms with van der Waals surface area (Å²) in [5, 5.41) is 2.81. The van der Waals surface area contributed by atoms with Gasteiger partial charge in [-0.15, -0.1) is 0 Å². The maximum Gasteiger partial charge on any atom is 0.0714 e. The van der Waals surface area contributed by atoms with Crippen molar-refractivity contribution < 1.29 is 0 Å². The first kappa shape index (κ1) is 17.5. The fourth-order valence-corrected chi connectivity index (χ4v) is 3.11. The minimum absolute atomic E-state index is 0.749. The highest BCUT2D eigenvalue weighted by Gasteiger charge is 2.01. The van der Waals surface area contributed by atoms with E-state index in [-0.39, 0.29) is 0 Å². The molecule has 25 heavy (non-hydrogen) atoms. The Hall–Kier alpha value is -2.29. The Balaban J connectivity index is 1.87. The molecule has 3 heteroatoms. The van der Waals surface area contributed by atoms with Crippen LogP contribution in [-0.4, -0.2) is 5.71 Å². The predicted octanol–water partition coefficient (Wildman–Crippen LogP) is 7.08. The molecule has 3 aromatic carbocycles. The van der Waals surface area contributed by atoms with Gasteiger partial charge in [-0.1, -0.05) is 65.3 Å². The SMILES string of the molecule is Cc1cccc(C(C=CSc2ccc(Cl)cc2)=Nc2ccccc2)c1. The molecule has 3 aromatic rings. The van der Waals surface area contributed by atoms with Crippen LogP contribution in [0.1, 0.15) is 11.1 Å². The Morgan fingerprint density at radius 1 is 0.920 bits per heavy atom. The molecule has 0 saturated carbocycles. The molecule has 1 nitrogen and oxygen atoms in total. The standard InChI is InChI=1S/C22H18ClNS/c1-17-6-5-7-18(16-17)22(24-20-8-3-2-4-9-20)14-15-25-21-12-10-19(23)11-13-21/h2-16H,1H3. The summed E-state index contributed by atoms with van der Waals surface area (Å²) in [5.41, 5.74) is 4.21. The molecule has 0 N–H and O–H groups in total. The topological polar surface area (TPSA) is 12.4 Å². The summed E-state index contributed by atoms with van der Waals surface area (Å²) < 4.78 is 0. The number of allylic oxidation sites excluding steroid dienone is 1. The Morgan fingerprint density at radius 3 is 2.40 bits per heavy atom. The lowest BCUT2D eigenvalue weighted by molar-refractivity contribution is 1.44. The van der Waals surface area contributed by atoms with Gasteiger partial charge in [0.2, 0.25) is 0 Å². The van der Waals surface area contributed by atoms with Crippen molar-refractivity contribution in [1.82, 2.24) is 0 Å². The zero-order valence-electron chi connectivity index (χ0n) is 13.9. The highest BCUT2D eigenvalue weighted by atomic mass is 35.5. The smallest absolute Gasteiger partial charge is 0.0714 e. The molecule has 0 amide bonds. The van der Waals surface area contributed by atoms with E-state index in [2.05, 4.69) is 42.7 Å². The third-order valence-corrected chi connectivity index (χ3v) is 4.63. The molecule has 0 spiro atoms. The van der Waals surface area contributed by atoms with Crippen LogP contribution in [0.5, 0.6) is 0 Å². The molecule has 0 heterocycles. The first-order chi connectivity index (χ1) is 12.2. The molecule has 0 unspecified atom stereocenters. The number of aliphatic imine (C=N–C) groups is 1. The average Bonchev–Trinajstić information content (AvgIpc) is 2.63. The van der Waals surface area contributed by atoms with Crippen molar-refractivity contribution in [3.05, 3.63) is 106 Å². The van der Waals surface area contributed by atoms with Crippen LogP contribution < -0.4 is 0 Å². The third kappa shape index (κ3) is 5.35. The summed E-state index contributed by atoms with van der Waals surface area (Å²) in [4.78, 5) is 5.95. The summed E-state index contributed by atoms with van der Waals surface area (Å²) >= 11 is 7.58. The number of halogens is 1. The van der Waals surface area contributed by atoms with Crippen molar-refractivity contribution in [3.8, 4) is 0 Å². The number of hydrogen-bond acceptors (Lipinski definition) is 2. The van der Waals surface area contributed by atoms with Crippen LogP contribution in [0.25, 0.3) is 0 Å². The summed E-state index contributed by atoms with van der Waals surface area (Å²) in [5.74, 6) is 0. The van der Waals surface area contributed by atoms with E-state index in [4.69, 9.17) is 16.6 Å². The lowest BCUT2D eigenvalue weighted by atomic mass is 10.1. The largest absolute Gasteiger partial charge is 0.248 e. The van der Waals surface area contributed by atoms with E-state index in [1.54, 1.807) is 11.8 Å². The Morgan fingerprint density at radius 2 is 1.68 bits per heavy atom. The van der Waals surface area contributed by atoms with E-state index in [0.717, 1.165) is 26.9 Å². The van der Waals surface area contributed by atoms with Crippen LogP contribution in [0.4, 0.5) is 5.69 Å². The first-order valence-electron chi connectivity index (χ1n) is 8.00. The molecule has 0 aliphatic carbocycles. The Labute approximate surface area is 158 Å². The van der Waals surface area contributed by atoms with Gasteiger partial charge in [0, 0.05) is 15.5 Å². The fourth-order valence-electron chi connectivity index (χ4n) is 2.33. The second-order valence-electron chi connectivity index (χ2n) is 5.58. The number of nitrogens with zero attached hydrogens (tertiary/aromatic N) is 1. The molecule has 0 atom stereocenters. The normalized spacial score (nSPS) is 11.8. The lowest BCUT2D eigenvalue weighted by Gasteiger charge is -2.04. The average molecular weight is 364 g/mol. The van der Waals surface area contributed by atoms with Crippen molar-refractivity contribution in [2.75, 3.05) is 0 Å². The Kier molecular flexibility index (Phi) is 6.10. The van der Waals surface area contributed by atoms with Crippen LogP contribution in [0.3, 0.4) is 0 Å². The number of aryl methyl sites for hydroxylation is 1. The molecular formula is C22H18ClNS. The summed E-state index contributed by atoms with van der Waals surface area (Å²) in [6.45, 7) is 2.09. The van der Waals surface area contributed by atoms with Gasteiger partial charge < -0.3 is 0 Å². The second-order valence-corrected chi connectivity index (χ2v) is 6.99. The second kappa shape index (κ2) is 8.70. The van der Waals surface area contributed by atoms with Gasteiger partial charge in [-0.2, -0.15) is 0 Å². The first-order valence-corrected chi connectivity index (χ1v) is 9.26. The monoisotopic (exact) mass is 363 g/mol.